The minimum atomic E-state index is 0.275. The maximum Gasteiger partial charge on any atom is 0.231 e. The highest BCUT2D eigenvalue weighted by Gasteiger charge is 2.13. The summed E-state index contributed by atoms with van der Waals surface area (Å²) in [6, 6.07) is 5.98. The van der Waals surface area contributed by atoms with Gasteiger partial charge < -0.3 is 25.8 Å². The van der Waals surface area contributed by atoms with Crippen LogP contribution >= 0.6 is 0 Å². The van der Waals surface area contributed by atoms with Gasteiger partial charge in [0, 0.05) is 24.3 Å². The van der Waals surface area contributed by atoms with Gasteiger partial charge in [0.25, 0.3) is 0 Å². The molecule has 0 aliphatic carbocycles. The fourth-order valence-electron chi connectivity index (χ4n) is 1.68. The number of guanidine groups is 1. The van der Waals surface area contributed by atoms with E-state index in [-0.39, 0.29) is 12.8 Å². The molecule has 104 valence electrons. The Bertz CT molecular complexity index is 460. The van der Waals surface area contributed by atoms with Gasteiger partial charge in [-0.05, 0) is 26.0 Å². The lowest BCUT2D eigenvalue weighted by molar-refractivity contribution is 0.174. The number of nitrogens with two attached hydrogens (primary N) is 1. The normalized spacial score (nSPS) is 13.8. The van der Waals surface area contributed by atoms with Crippen molar-refractivity contribution in [3.8, 4) is 11.5 Å². The third-order valence-corrected chi connectivity index (χ3v) is 2.46. The molecule has 6 nitrogen and oxygen atoms in total. The number of anilines is 1. The molecule has 0 fully saturated rings. The van der Waals surface area contributed by atoms with Crippen LogP contribution in [0.2, 0.25) is 0 Å². The number of aliphatic imine (C=N–C) groups is 1. The molecule has 4 N–H and O–H groups in total. The number of ether oxygens (including phenoxy) is 2. The Morgan fingerprint density at radius 1 is 1.37 bits per heavy atom. The summed E-state index contributed by atoms with van der Waals surface area (Å²) in [4.78, 5) is 4.37. The summed E-state index contributed by atoms with van der Waals surface area (Å²) < 4.78 is 10.6. The summed E-state index contributed by atoms with van der Waals surface area (Å²) in [6.07, 6.45) is 0. The van der Waals surface area contributed by atoms with Crippen LogP contribution in [0.15, 0.2) is 23.2 Å². The van der Waals surface area contributed by atoms with Crippen molar-refractivity contribution in [1.29, 1.82) is 0 Å². The molecule has 0 bridgehead atoms. The number of hydrogen-bond acceptors (Lipinski definition) is 4. The second-order valence-electron chi connectivity index (χ2n) is 4.51. The molecule has 1 aromatic rings. The molecule has 0 saturated heterocycles. The molecule has 1 aromatic carbocycles. The highest BCUT2D eigenvalue weighted by molar-refractivity contribution is 5.94. The van der Waals surface area contributed by atoms with Crippen LogP contribution in [0.1, 0.15) is 13.8 Å². The lowest BCUT2D eigenvalue weighted by Crippen LogP contribution is -2.36. The van der Waals surface area contributed by atoms with Crippen LogP contribution < -0.4 is 25.8 Å². The maximum atomic E-state index is 5.48. The van der Waals surface area contributed by atoms with Crippen LogP contribution in [0, 0.1) is 0 Å². The Hall–Kier alpha value is -1.95. The Morgan fingerprint density at radius 3 is 2.89 bits per heavy atom. The van der Waals surface area contributed by atoms with Gasteiger partial charge in [0.15, 0.2) is 17.5 Å². The largest absolute Gasteiger partial charge is 0.454 e. The molecular formula is C13H20N4O2. The Balaban J connectivity index is 2.07. The summed E-state index contributed by atoms with van der Waals surface area (Å²) in [5.41, 5.74) is 6.37. The molecule has 0 radical (unpaired) electrons. The first-order chi connectivity index (χ1) is 9.19. The van der Waals surface area contributed by atoms with Gasteiger partial charge in [0.05, 0.1) is 6.54 Å². The van der Waals surface area contributed by atoms with Crippen molar-refractivity contribution in [3.63, 3.8) is 0 Å². The minimum absolute atomic E-state index is 0.275. The zero-order valence-electron chi connectivity index (χ0n) is 11.3. The van der Waals surface area contributed by atoms with E-state index < -0.39 is 0 Å². The van der Waals surface area contributed by atoms with Gasteiger partial charge in [-0.15, -0.1) is 0 Å². The number of nitrogens with zero attached hydrogens (tertiary/aromatic N) is 1. The number of benzene rings is 1. The quantitative estimate of drug-likeness (QED) is 0.561. The minimum Gasteiger partial charge on any atom is -0.454 e. The molecule has 1 aliphatic rings. The Labute approximate surface area is 113 Å². The molecule has 0 spiro atoms. The van der Waals surface area contributed by atoms with Gasteiger partial charge >= 0.3 is 0 Å². The van der Waals surface area contributed by atoms with E-state index in [9.17, 15) is 0 Å². The molecule has 1 heterocycles. The molecule has 19 heavy (non-hydrogen) atoms. The van der Waals surface area contributed by atoms with Gasteiger partial charge in [0.2, 0.25) is 6.79 Å². The second-order valence-corrected chi connectivity index (χ2v) is 4.51. The third-order valence-electron chi connectivity index (χ3n) is 2.46. The van der Waals surface area contributed by atoms with Crippen molar-refractivity contribution in [3.05, 3.63) is 18.2 Å². The van der Waals surface area contributed by atoms with Crippen LogP contribution in [-0.4, -0.2) is 31.9 Å². The monoisotopic (exact) mass is 264 g/mol. The standard InChI is InChI=1S/C13H20N4O2/c1-9(2)16-13(15-6-5-14)17-10-3-4-11-12(7-10)19-8-18-11/h3-4,7,9H,5-6,8,14H2,1-2H3,(H2,15,16,17). The average Bonchev–Trinajstić information content (AvgIpc) is 2.82. The number of nitrogens with one attached hydrogen (secondary N) is 2. The molecule has 0 atom stereocenters. The fourth-order valence-corrected chi connectivity index (χ4v) is 1.68. The zero-order chi connectivity index (χ0) is 13.7. The predicted octanol–water partition coefficient (Wildman–Crippen LogP) is 1.14. The van der Waals surface area contributed by atoms with Crippen molar-refractivity contribution in [2.75, 3.05) is 25.2 Å². The second kappa shape index (κ2) is 6.29. The molecule has 0 amide bonds. The summed E-state index contributed by atoms with van der Waals surface area (Å²) in [5, 5.41) is 6.46. The van der Waals surface area contributed by atoms with E-state index in [1.807, 2.05) is 18.2 Å². The summed E-state index contributed by atoms with van der Waals surface area (Å²) in [6.45, 7) is 5.48. The van der Waals surface area contributed by atoms with E-state index in [1.165, 1.54) is 0 Å². The van der Waals surface area contributed by atoms with E-state index in [4.69, 9.17) is 15.2 Å². The van der Waals surface area contributed by atoms with E-state index in [0.717, 1.165) is 17.2 Å². The molecule has 2 rings (SSSR count). The Kier molecular flexibility index (Phi) is 4.46. The number of fused-ring (bicyclic) bond motifs is 1. The third kappa shape index (κ3) is 3.75. The fraction of sp³-hybridized carbons (Fsp3) is 0.462. The lowest BCUT2D eigenvalue weighted by Gasteiger charge is -2.15. The van der Waals surface area contributed by atoms with Crippen LogP contribution in [-0.2, 0) is 0 Å². The van der Waals surface area contributed by atoms with Gasteiger partial charge in [-0.2, -0.15) is 0 Å². The van der Waals surface area contributed by atoms with Crippen LogP contribution in [0.25, 0.3) is 0 Å². The van der Waals surface area contributed by atoms with Crippen molar-refractivity contribution >= 4 is 11.6 Å². The first kappa shape index (κ1) is 13.5. The zero-order valence-corrected chi connectivity index (χ0v) is 11.3. The Morgan fingerprint density at radius 2 is 2.16 bits per heavy atom. The summed E-state index contributed by atoms with van der Waals surface area (Å²) in [5.74, 6) is 2.22. The van der Waals surface area contributed by atoms with Crippen LogP contribution in [0.3, 0.4) is 0 Å². The molecule has 1 aliphatic heterocycles. The molecular weight excluding hydrogens is 244 g/mol. The van der Waals surface area contributed by atoms with E-state index in [1.54, 1.807) is 0 Å². The van der Waals surface area contributed by atoms with E-state index in [2.05, 4.69) is 29.5 Å². The van der Waals surface area contributed by atoms with Crippen molar-refractivity contribution in [1.82, 2.24) is 5.32 Å². The molecule has 0 aromatic heterocycles. The first-order valence-electron chi connectivity index (χ1n) is 6.37. The SMILES string of the molecule is CC(C)NC(=NCCN)Nc1ccc2c(c1)OCO2. The maximum absolute atomic E-state index is 5.48. The van der Waals surface area contributed by atoms with Crippen LogP contribution in [0.5, 0.6) is 11.5 Å². The van der Waals surface area contributed by atoms with E-state index in [0.29, 0.717) is 19.0 Å². The molecule has 0 unspecified atom stereocenters. The van der Waals surface area contributed by atoms with Crippen molar-refractivity contribution in [2.24, 2.45) is 10.7 Å². The van der Waals surface area contributed by atoms with Gasteiger partial charge in [-0.25, -0.2) is 0 Å². The van der Waals surface area contributed by atoms with Gasteiger partial charge in [0.1, 0.15) is 0 Å². The van der Waals surface area contributed by atoms with E-state index >= 15 is 0 Å². The highest BCUT2D eigenvalue weighted by atomic mass is 16.7. The van der Waals surface area contributed by atoms with Crippen molar-refractivity contribution in [2.45, 2.75) is 19.9 Å². The first-order valence-corrected chi connectivity index (χ1v) is 6.37. The summed E-state index contributed by atoms with van der Waals surface area (Å²) in [7, 11) is 0. The van der Waals surface area contributed by atoms with Gasteiger partial charge in [-0.3, -0.25) is 4.99 Å². The number of hydrogen-bond donors (Lipinski definition) is 3. The topological polar surface area (TPSA) is 80.9 Å². The summed E-state index contributed by atoms with van der Waals surface area (Å²) >= 11 is 0. The highest BCUT2D eigenvalue weighted by Crippen LogP contribution is 2.34. The molecule has 6 heteroatoms. The van der Waals surface area contributed by atoms with Crippen molar-refractivity contribution < 1.29 is 9.47 Å². The predicted molar refractivity (Wildman–Crippen MR) is 75.8 cm³/mol. The lowest BCUT2D eigenvalue weighted by atomic mass is 10.3. The van der Waals surface area contributed by atoms with Gasteiger partial charge in [-0.1, -0.05) is 0 Å². The average molecular weight is 264 g/mol. The number of rotatable bonds is 4. The van der Waals surface area contributed by atoms with Crippen LogP contribution in [0.4, 0.5) is 5.69 Å². The molecule has 0 saturated carbocycles. The smallest absolute Gasteiger partial charge is 0.231 e.